The van der Waals surface area contributed by atoms with Crippen molar-refractivity contribution in [3.63, 3.8) is 0 Å². The maximum absolute atomic E-state index is 13.8. The molecule has 2 aromatic carbocycles. The number of aryl methyl sites for hydroxylation is 1. The zero-order valence-electron chi connectivity index (χ0n) is 11.2. The first-order valence-electron chi connectivity index (χ1n) is 6.13. The summed E-state index contributed by atoms with van der Waals surface area (Å²) in [4.78, 5) is 12.0. The van der Waals surface area contributed by atoms with Crippen LogP contribution in [0.4, 0.5) is 8.78 Å². The van der Waals surface area contributed by atoms with Crippen LogP contribution in [0.15, 0.2) is 36.4 Å². The predicted octanol–water partition coefficient (Wildman–Crippen LogP) is 3.71. The number of halogens is 2. The van der Waals surface area contributed by atoms with Crippen LogP contribution < -0.4 is 4.74 Å². The number of hydrogen-bond acceptors (Lipinski definition) is 2. The number of carbonyl (C=O) groups is 1. The highest BCUT2D eigenvalue weighted by Gasteiger charge is 2.19. The molecule has 0 saturated carbocycles. The Hall–Kier alpha value is -2.23. The monoisotopic (exact) mass is 276 g/mol. The van der Waals surface area contributed by atoms with Crippen molar-refractivity contribution in [3.8, 4) is 5.75 Å². The Morgan fingerprint density at radius 1 is 1.15 bits per heavy atom. The summed E-state index contributed by atoms with van der Waals surface area (Å²) in [5.41, 5.74) is 1.20. The number of carbonyl (C=O) groups excluding carboxylic acids is 1. The fourth-order valence-electron chi connectivity index (χ4n) is 2.03. The molecule has 0 fully saturated rings. The second kappa shape index (κ2) is 5.82. The Labute approximate surface area is 116 Å². The number of hydrogen-bond donors (Lipinski definition) is 0. The van der Waals surface area contributed by atoms with E-state index in [0.717, 1.165) is 23.3 Å². The van der Waals surface area contributed by atoms with E-state index < -0.39 is 23.0 Å². The second-order valence-electron chi connectivity index (χ2n) is 4.56. The molecular weight excluding hydrogens is 262 g/mol. The van der Waals surface area contributed by atoms with E-state index in [-0.39, 0.29) is 12.2 Å². The standard InChI is InChI=1S/C16H14F2O2/c1-10-4-3-5-11(6-10)7-15(19)16-13(17)8-12(20-2)9-14(16)18/h3-6,8-9H,7H2,1-2H3. The van der Waals surface area contributed by atoms with Gasteiger partial charge in [-0.15, -0.1) is 0 Å². The molecule has 0 aliphatic heterocycles. The SMILES string of the molecule is COc1cc(F)c(C(=O)Cc2cccc(C)c2)c(F)c1. The molecule has 0 spiro atoms. The van der Waals surface area contributed by atoms with Gasteiger partial charge in [0.1, 0.15) is 17.4 Å². The first-order chi connectivity index (χ1) is 9.51. The highest BCUT2D eigenvalue weighted by Crippen LogP contribution is 2.22. The molecule has 2 rings (SSSR count). The van der Waals surface area contributed by atoms with Crippen LogP contribution in [0.25, 0.3) is 0 Å². The van der Waals surface area contributed by atoms with Crippen molar-refractivity contribution in [3.05, 3.63) is 64.7 Å². The van der Waals surface area contributed by atoms with Crippen LogP contribution in [0.1, 0.15) is 21.5 Å². The summed E-state index contributed by atoms with van der Waals surface area (Å²) in [7, 11) is 1.31. The molecular formula is C16H14F2O2. The first-order valence-corrected chi connectivity index (χ1v) is 6.13. The summed E-state index contributed by atoms with van der Waals surface area (Å²) in [6.07, 6.45) is -0.0398. The van der Waals surface area contributed by atoms with E-state index in [1.807, 2.05) is 19.1 Å². The lowest BCUT2D eigenvalue weighted by Crippen LogP contribution is -2.09. The summed E-state index contributed by atoms with van der Waals surface area (Å²) in [6.45, 7) is 1.89. The Bertz CT molecular complexity index is 628. The molecule has 0 unspecified atom stereocenters. The molecule has 0 aliphatic rings. The molecule has 0 heterocycles. The zero-order chi connectivity index (χ0) is 14.7. The Morgan fingerprint density at radius 2 is 1.80 bits per heavy atom. The van der Waals surface area contributed by atoms with Crippen LogP contribution in [0, 0.1) is 18.6 Å². The average molecular weight is 276 g/mol. The van der Waals surface area contributed by atoms with Gasteiger partial charge in [-0.25, -0.2) is 8.78 Å². The third kappa shape index (κ3) is 3.02. The van der Waals surface area contributed by atoms with E-state index in [1.54, 1.807) is 12.1 Å². The van der Waals surface area contributed by atoms with Crippen molar-refractivity contribution in [2.45, 2.75) is 13.3 Å². The van der Waals surface area contributed by atoms with Crippen molar-refractivity contribution in [1.82, 2.24) is 0 Å². The molecule has 0 saturated heterocycles. The van der Waals surface area contributed by atoms with E-state index in [2.05, 4.69) is 0 Å². The minimum Gasteiger partial charge on any atom is -0.497 e. The number of benzene rings is 2. The lowest BCUT2D eigenvalue weighted by molar-refractivity contribution is 0.0985. The number of rotatable bonds is 4. The number of ketones is 1. The normalized spacial score (nSPS) is 10.4. The molecule has 0 amide bonds. The van der Waals surface area contributed by atoms with Crippen molar-refractivity contribution in [2.75, 3.05) is 7.11 Å². The van der Waals surface area contributed by atoms with Gasteiger partial charge in [0, 0.05) is 18.6 Å². The number of ether oxygens (including phenoxy) is 1. The third-order valence-electron chi connectivity index (χ3n) is 2.98. The molecule has 20 heavy (non-hydrogen) atoms. The maximum Gasteiger partial charge on any atom is 0.173 e. The van der Waals surface area contributed by atoms with Gasteiger partial charge in [-0.1, -0.05) is 29.8 Å². The van der Waals surface area contributed by atoms with Crippen molar-refractivity contribution < 1.29 is 18.3 Å². The van der Waals surface area contributed by atoms with Crippen LogP contribution in [0.2, 0.25) is 0 Å². The molecule has 2 nitrogen and oxygen atoms in total. The Kier molecular flexibility index (Phi) is 4.13. The van der Waals surface area contributed by atoms with Gasteiger partial charge >= 0.3 is 0 Å². The Balaban J connectivity index is 2.30. The fourth-order valence-corrected chi connectivity index (χ4v) is 2.03. The Morgan fingerprint density at radius 3 is 2.35 bits per heavy atom. The van der Waals surface area contributed by atoms with Gasteiger partial charge in [-0.05, 0) is 12.5 Å². The zero-order valence-corrected chi connectivity index (χ0v) is 11.2. The van der Waals surface area contributed by atoms with E-state index in [0.29, 0.717) is 0 Å². The van der Waals surface area contributed by atoms with Crippen LogP contribution in [-0.4, -0.2) is 12.9 Å². The predicted molar refractivity (Wildman–Crippen MR) is 72.1 cm³/mol. The fraction of sp³-hybridized carbons (Fsp3) is 0.188. The molecule has 0 N–H and O–H groups in total. The topological polar surface area (TPSA) is 26.3 Å². The number of methoxy groups -OCH3 is 1. The molecule has 0 aromatic heterocycles. The highest BCUT2D eigenvalue weighted by molar-refractivity contribution is 5.98. The van der Waals surface area contributed by atoms with Crippen LogP contribution >= 0.6 is 0 Å². The summed E-state index contributed by atoms with van der Waals surface area (Å²) in [5, 5.41) is 0. The van der Waals surface area contributed by atoms with Gasteiger partial charge in [0.2, 0.25) is 0 Å². The van der Waals surface area contributed by atoms with Crippen molar-refractivity contribution in [1.29, 1.82) is 0 Å². The maximum atomic E-state index is 13.8. The lowest BCUT2D eigenvalue weighted by Gasteiger charge is -2.07. The van der Waals surface area contributed by atoms with Gasteiger partial charge in [0.15, 0.2) is 5.78 Å². The van der Waals surface area contributed by atoms with Crippen LogP contribution in [0.5, 0.6) is 5.75 Å². The minimum absolute atomic E-state index is 0.0398. The van der Waals surface area contributed by atoms with Gasteiger partial charge in [0.25, 0.3) is 0 Å². The van der Waals surface area contributed by atoms with Crippen molar-refractivity contribution in [2.24, 2.45) is 0 Å². The van der Waals surface area contributed by atoms with Crippen LogP contribution in [-0.2, 0) is 6.42 Å². The molecule has 0 bridgehead atoms. The first kappa shape index (κ1) is 14.2. The van der Waals surface area contributed by atoms with Gasteiger partial charge < -0.3 is 4.74 Å². The second-order valence-corrected chi connectivity index (χ2v) is 4.56. The average Bonchev–Trinajstić information content (AvgIpc) is 2.37. The molecule has 4 heteroatoms. The largest absolute Gasteiger partial charge is 0.497 e. The molecule has 2 aromatic rings. The van der Waals surface area contributed by atoms with Crippen LogP contribution in [0.3, 0.4) is 0 Å². The summed E-state index contributed by atoms with van der Waals surface area (Å²) < 4.78 is 32.3. The number of Topliss-reactive ketones (excluding diaryl/α,β-unsaturated/α-hetero) is 1. The molecule has 0 radical (unpaired) electrons. The van der Waals surface area contributed by atoms with Gasteiger partial charge in [-0.3, -0.25) is 4.79 Å². The lowest BCUT2D eigenvalue weighted by atomic mass is 10.0. The van der Waals surface area contributed by atoms with Gasteiger partial charge in [-0.2, -0.15) is 0 Å². The quantitative estimate of drug-likeness (QED) is 0.796. The molecule has 0 atom stereocenters. The van der Waals surface area contributed by atoms with E-state index in [4.69, 9.17) is 4.74 Å². The van der Waals surface area contributed by atoms with Gasteiger partial charge in [0.05, 0.1) is 12.7 Å². The molecule has 0 aliphatic carbocycles. The molecule has 104 valence electrons. The van der Waals surface area contributed by atoms with E-state index in [9.17, 15) is 13.6 Å². The highest BCUT2D eigenvalue weighted by atomic mass is 19.1. The summed E-state index contributed by atoms with van der Waals surface area (Å²) >= 11 is 0. The van der Waals surface area contributed by atoms with Crippen molar-refractivity contribution >= 4 is 5.78 Å². The summed E-state index contributed by atoms with van der Waals surface area (Å²) in [5.74, 6) is -2.35. The van der Waals surface area contributed by atoms with E-state index in [1.165, 1.54) is 7.11 Å². The smallest absolute Gasteiger partial charge is 0.173 e. The minimum atomic E-state index is -0.903. The summed E-state index contributed by atoms with van der Waals surface area (Å²) in [6, 6.07) is 9.28. The van der Waals surface area contributed by atoms with E-state index >= 15 is 0 Å². The third-order valence-corrected chi connectivity index (χ3v) is 2.98.